The van der Waals surface area contributed by atoms with E-state index in [0.717, 1.165) is 13.1 Å². The standard InChI is InChI=1S/C11H16ClN3O2/c1-14(2)7-6-13-8-9-10(12)4-3-5-11(9)15(16)17/h3-5,13H,6-8H2,1-2H3. The number of benzene rings is 1. The fraction of sp³-hybridized carbons (Fsp3) is 0.455. The van der Waals surface area contributed by atoms with Gasteiger partial charge in [0.2, 0.25) is 0 Å². The Morgan fingerprint density at radius 3 is 2.76 bits per heavy atom. The molecule has 94 valence electrons. The van der Waals surface area contributed by atoms with Gasteiger partial charge in [-0.3, -0.25) is 10.1 Å². The Bertz CT molecular complexity index is 396. The second-order valence-electron chi connectivity index (χ2n) is 3.97. The molecule has 0 saturated heterocycles. The molecule has 0 amide bonds. The third-order valence-electron chi connectivity index (χ3n) is 2.33. The van der Waals surface area contributed by atoms with E-state index in [-0.39, 0.29) is 5.69 Å². The number of nitrogens with zero attached hydrogens (tertiary/aromatic N) is 2. The van der Waals surface area contributed by atoms with Crippen LogP contribution in [0.3, 0.4) is 0 Å². The molecule has 1 N–H and O–H groups in total. The Kier molecular flexibility index (Phi) is 5.34. The van der Waals surface area contributed by atoms with Gasteiger partial charge in [0.25, 0.3) is 5.69 Å². The molecular weight excluding hydrogens is 242 g/mol. The number of likely N-dealkylation sites (N-methyl/N-ethyl adjacent to an activating group) is 1. The van der Waals surface area contributed by atoms with Crippen LogP contribution < -0.4 is 5.32 Å². The average molecular weight is 258 g/mol. The molecule has 1 rings (SSSR count). The molecule has 0 aliphatic rings. The molecule has 1 aromatic rings. The number of rotatable bonds is 6. The molecule has 5 nitrogen and oxygen atoms in total. The maximum atomic E-state index is 10.8. The van der Waals surface area contributed by atoms with Gasteiger partial charge in [-0.25, -0.2) is 0 Å². The molecule has 0 atom stereocenters. The lowest BCUT2D eigenvalue weighted by atomic mass is 10.2. The van der Waals surface area contributed by atoms with E-state index in [1.165, 1.54) is 6.07 Å². The van der Waals surface area contributed by atoms with E-state index in [9.17, 15) is 10.1 Å². The normalized spacial score (nSPS) is 10.8. The van der Waals surface area contributed by atoms with Crippen molar-refractivity contribution in [3.05, 3.63) is 38.9 Å². The first-order valence-electron chi connectivity index (χ1n) is 5.29. The predicted molar refractivity (Wildman–Crippen MR) is 68.4 cm³/mol. The molecule has 0 spiro atoms. The van der Waals surface area contributed by atoms with Crippen LogP contribution >= 0.6 is 11.6 Å². The maximum absolute atomic E-state index is 10.8. The number of hydrogen-bond acceptors (Lipinski definition) is 4. The van der Waals surface area contributed by atoms with E-state index >= 15 is 0 Å². The minimum absolute atomic E-state index is 0.0647. The highest BCUT2D eigenvalue weighted by molar-refractivity contribution is 6.31. The summed E-state index contributed by atoms with van der Waals surface area (Å²) in [4.78, 5) is 12.5. The van der Waals surface area contributed by atoms with Gasteiger partial charge < -0.3 is 10.2 Å². The average Bonchev–Trinajstić information content (AvgIpc) is 2.25. The first-order chi connectivity index (χ1) is 8.02. The van der Waals surface area contributed by atoms with Gasteiger partial charge in [0, 0.05) is 25.7 Å². The van der Waals surface area contributed by atoms with Crippen molar-refractivity contribution in [3.8, 4) is 0 Å². The van der Waals surface area contributed by atoms with Crippen LogP contribution in [-0.4, -0.2) is 37.0 Å². The van der Waals surface area contributed by atoms with Crippen LogP contribution in [0, 0.1) is 10.1 Å². The van der Waals surface area contributed by atoms with Crippen molar-refractivity contribution in [3.63, 3.8) is 0 Å². The fourth-order valence-corrected chi connectivity index (χ4v) is 1.65. The Morgan fingerprint density at radius 1 is 1.47 bits per heavy atom. The summed E-state index contributed by atoms with van der Waals surface area (Å²) < 4.78 is 0. The number of nitro groups is 1. The molecule has 17 heavy (non-hydrogen) atoms. The zero-order chi connectivity index (χ0) is 12.8. The van der Waals surface area contributed by atoms with Crippen LogP contribution in [-0.2, 0) is 6.54 Å². The molecule has 1 aromatic carbocycles. The topological polar surface area (TPSA) is 58.4 Å². The second kappa shape index (κ2) is 6.54. The Hall–Kier alpha value is -1.17. The van der Waals surface area contributed by atoms with Crippen LogP contribution in [0.4, 0.5) is 5.69 Å². The summed E-state index contributed by atoms with van der Waals surface area (Å²) in [5.41, 5.74) is 0.604. The van der Waals surface area contributed by atoms with Crippen molar-refractivity contribution in [2.24, 2.45) is 0 Å². The molecule has 0 aromatic heterocycles. The summed E-state index contributed by atoms with van der Waals surface area (Å²) in [5.74, 6) is 0. The fourth-order valence-electron chi connectivity index (χ4n) is 1.41. The van der Waals surface area contributed by atoms with Crippen molar-refractivity contribution in [2.75, 3.05) is 27.2 Å². The SMILES string of the molecule is CN(C)CCNCc1c(Cl)cccc1[N+](=O)[O-]. The minimum Gasteiger partial charge on any atom is -0.311 e. The number of nitrogens with one attached hydrogen (secondary N) is 1. The third kappa shape index (κ3) is 4.30. The van der Waals surface area contributed by atoms with Crippen LogP contribution in [0.2, 0.25) is 5.02 Å². The third-order valence-corrected chi connectivity index (χ3v) is 2.68. The Balaban J connectivity index is 2.66. The van der Waals surface area contributed by atoms with Crippen molar-refractivity contribution in [1.29, 1.82) is 0 Å². The van der Waals surface area contributed by atoms with Gasteiger partial charge in [0.1, 0.15) is 0 Å². The van der Waals surface area contributed by atoms with Gasteiger partial charge in [-0.15, -0.1) is 0 Å². The highest BCUT2D eigenvalue weighted by atomic mass is 35.5. The lowest BCUT2D eigenvalue weighted by Gasteiger charge is -2.11. The summed E-state index contributed by atoms with van der Waals surface area (Å²) in [6.07, 6.45) is 0. The predicted octanol–water partition coefficient (Wildman–Crippen LogP) is 1.90. The Labute approximate surface area is 106 Å². The molecule has 0 bridgehead atoms. The van der Waals surface area contributed by atoms with E-state index in [0.29, 0.717) is 17.1 Å². The largest absolute Gasteiger partial charge is 0.311 e. The van der Waals surface area contributed by atoms with Gasteiger partial charge in [-0.2, -0.15) is 0 Å². The highest BCUT2D eigenvalue weighted by Gasteiger charge is 2.15. The maximum Gasteiger partial charge on any atom is 0.275 e. The van der Waals surface area contributed by atoms with Crippen LogP contribution in [0.1, 0.15) is 5.56 Å². The zero-order valence-corrected chi connectivity index (χ0v) is 10.7. The number of nitro benzene ring substituents is 1. The van der Waals surface area contributed by atoms with E-state index in [2.05, 4.69) is 5.32 Å². The van der Waals surface area contributed by atoms with E-state index in [1.807, 2.05) is 19.0 Å². The summed E-state index contributed by atoms with van der Waals surface area (Å²) in [6.45, 7) is 2.04. The molecule has 0 radical (unpaired) electrons. The molecule has 0 unspecified atom stereocenters. The van der Waals surface area contributed by atoms with Crippen LogP contribution in [0.5, 0.6) is 0 Å². The molecule has 0 fully saturated rings. The molecule has 0 heterocycles. The molecule has 0 saturated carbocycles. The zero-order valence-electron chi connectivity index (χ0n) is 9.94. The number of hydrogen-bond donors (Lipinski definition) is 1. The van der Waals surface area contributed by atoms with Gasteiger partial charge >= 0.3 is 0 Å². The minimum atomic E-state index is -0.408. The highest BCUT2D eigenvalue weighted by Crippen LogP contribution is 2.25. The molecular formula is C11H16ClN3O2. The van der Waals surface area contributed by atoms with Crippen LogP contribution in [0.15, 0.2) is 18.2 Å². The van der Waals surface area contributed by atoms with E-state index in [4.69, 9.17) is 11.6 Å². The monoisotopic (exact) mass is 257 g/mol. The molecule has 0 aliphatic heterocycles. The number of halogens is 1. The molecule has 6 heteroatoms. The van der Waals surface area contributed by atoms with Crippen LogP contribution in [0.25, 0.3) is 0 Å². The first-order valence-corrected chi connectivity index (χ1v) is 5.67. The van der Waals surface area contributed by atoms with E-state index < -0.39 is 4.92 Å². The van der Waals surface area contributed by atoms with Gasteiger partial charge in [0.05, 0.1) is 15.5 Å². The summed E-state index contributed by atoms with van der Waals surface area (Å²) in [5, 5.41) is 14.4. The van der Waals surface area contributed by atoms with Gasteiger partial charge in [-0.1, -0.05) is 17.7 Å². The lowest BCUT2D eigenvalue weighted by Crippen LogP contribution is -2.26. The summed E-state index contributed by atoms with van der Waals surface area (Å²) in [6, 6.07) is 4.72. The quantitative estimate of drug-likeness (QED) is 0.480. The van der Waals surface area contributed by atoms with Gasteiger partial charge in [0.15, 0.2) is 0 Å². The summed E-state index contributed by atoms with van der Waals surface area (Å²) >= 11 is 5.96. The van der Waals surface area contributed by atoms with Crippen molar-refractivity contribution in [1.82, 2.24) is 10.2 Å². The summed E-state index contributed by atoms with van der Waals surface area (Å²) in [7, 11) is 3.94. The van der Waals surface area contributed by atoms with Crippen molar-refractivity contribution in [2.45, 2.75) is 6.54 Å². The first kappa shape index (κ1) is 13.9. The smallest absolute Gasteiger partial charge is 0.275 e. The van der Waals surface area contributed by atoms with Gasteiger partial charge in [-0.05, 0) is 20.2 Å². The molecule has 0 aliphatic carbocycles. The van der Waals surface area contributed by atoms with Crippen molar-refractivity contribution < 1.29 is 4.92 Å². The second-order valence-corrected chi connectivity index (χ2v) is 4.38. The van der Waals surface area contributed by atoms with Crippen molar-refractivity contribution >= 4 is 17.3 Å². The van der Waals surface area contributed by atoms with E-state index in [1.54, 1.807) is 12.1 Å². The lowest BCUT2D eigenvalue weighted by molar-refractivity contribution is -0.385. The Morgan fingerprint density at radius 2 is 2.18 bits per heavy atom.